The van der Waals surface area contributed by atoms with Crippen molar-refractivity contribution in [3.63, 3.8) is 0 Å². The van der Waals surface area contributed by atoms with Gasteiger partial charge in [-0.05, 0) is 35.2 Å². The Morgan fingerprint density at radius 1 is 1.24 bits per heavy atom. The zero-order chi connectivity index (χ0) is 20.8. The van der Waals surface area contributed by atoms with Crippen LogP contribution in [-0.2, 0) is 27.2 Å². The molecule has 0 saturated carbocycles. The molecule has 0 saturated heterocycles. The highest BCUT2D eigenvalue weighted by Gasteiger charge is 2.34. The Kier molecular flexibility index (Phi) is 7.50. The van der Waals surface area contributed by atoms with Crippen LogP contribution >= 0.6 is 27.7 Å². The zero-order valence-electron chi connectivity index (χ0n) is 16.2. The number of fused-ring (bicyclic) bond motifs is 1. The number of aldehydes is 1. The van der Waals surface area contributed by atoms with Crippen molar-refractivity contribution in [3.05, 3.63) is 64.7 Å². The summed E-state index contributed by atoms with van der Waals surface area (Å²) < 4.78 is 0. The minimum Gasteiger partial charge on any atom is -0.359 e. The van der Waals surface area contributed by atoms with E-state index in [-0.39, 0.29) is 18.2 Å². The van der Waals surface area contributed by atoms with Crippen LogP contribution in [-0.4, -0.2) is 36.1 Å². The first kappa shape index (κ1) is 21.6. The van der Waals surface area contributed by atoms with E-state index in [1.807, 2.05) is 18.2 Å². The average molecular weight is 475 g/mol. The molecule has 1 aliphatic rings. The lowest BCUT2D eigenvalue weighted by Gasteiger charge is -2.22. The van der Waals surface area contributed by atoms with Gasteiger partial charge in [0.25, 0.3) is 5.91 Å². The lowest BCUT2D eigenvalue weighted by atomic mass is 10.1. The van der Waals surface area contributed by atoms with Gasteiger partial charge in [-0.25, -0.2) is 0 Å². The second-order valence-electron chi connectivity index (χ2n) is 6.87. The molecule has 29 heavy (non-hydrogen) atoms. The number of nitrogens with one attached hydrogen (secondary N) is 1. The van der Waals surface area contributed by atoms with E-state index in [1.165, 1.54) is 11.1 Å². The van der Waals surface area contributed by atoms with Crippen molar-refractivity contribution in [1.82, 2.24) is 10.2 Å². The summed E-state index contributed by atoms with van der Waals surface area (Å²) in [7, 11) is 1.56. The number of nitrogens with zero attached hydrogens (tertiary/aromatic N) is 1. The second-order valence-corrected chi connectivity index (χ2v) is 8.45. The molecular weight excluding hydrogens is 452 g/mol. The minimum absolute atomic E-state index is 0.136. The maximum atomic E-state index is 12.9. The van der Waals surface area contributed by atoms with Gasteiger partial charge in [-0.2, -0.15) is 0 Å². The molecular formula is C22H23BrN2O3S. The number of hydrogen-bond acceptors (Lipinski definition) is 4. The van der Waals surface area contributed by atoms with Crippen LogP contribution in [0.5, 0.6) is 0 Å². The highest BCUT2D eigenvalue weighted by Crippen LogP contribution is 2.35. The van der Waals surface area contributed by atoms with Gasteiger partial charge in [0.05, 0.1) is 6.04 Å². The molecule has 1 unspecified atom stereocenters. The minimum atomic E-state index is -0.596. The SMILES string of the molecule is CNC(=O)CCC(C=O)N1Cc2c(SCc3ccc(CBr)cc3)cccc2C1=O. The molecule has 0 aliphatic carbocycles. The first-order valence-corrected chi connectivity index (χ1v) is 11.5. The van der Waals surface area contributed by atoms with E-state index in [9.17, 15) is 14.4 Å². The number of alkyl halides is 1. The highest BCUT2D eigenvalue weighted by atomic mass is 79.9. The summed E-state index contributed by atoms with van der Waals surface area (Å²) in [6.07, 6.45) is 1.31. The van der Waals surface area contributed by atoms with Gasteiger partial charge < -0.3 is 15.0 Å². The van der Waals surface area contributed by atoms with E-state index in [1.54, 1.807) is 23.7 Å². The number of benzene rings is 2. The number of carbonyl (C=O) groups is 3. The fraction of sp³-hybridized carbons (Fsp3) is 0.318. The zero-order valence-corrected chi connectivity index (χ0v) is 18.6. The van der Waals surface area contributed by atoms with E-state index in [0.717, 1.165) is 27.8 Å². The summed E-state index contributed by atoms with van der Waals surface area (Å²) >= 11 is 5.15. The highest BCUT2D eigenvalue weighted by molar-refractivity contribution is 9.08. The number of amides is 2. The Balaban J connectivity index is 1.71. The third-order valence-corrected chi connectivity index (χ3v) is 6.85. The summed E-state index contributed by atoms with van der Waals surface area (Å²) in [6.45, 7) is 0.400. The number of hydrogen-bond donors (Lipinski definition) is 1. The van der Waals surface area contributed by atoms with Gasteiger partial charge in [-0.15, -0.1) is 11.8 Å². The molecule has 0 spiro atoms. The molecule has 0 radical (unpaired) electrons. The molecule has 2 amide bonds. The smallest absolute Gasteiger partial charge is 0.255 e. The van der Waals surface area contributed by atoms with Gasteiger partial charge in [0.15, 0.2) is 0 Å². The van der Waals surface area contributed by atoms with E-state index in [0.29, 0.717) is 18.5 Å². The number of halogens is 1. The molecule has 2 aromatic carbocycles. The van der Waals surface area contributed by atoms with E-state index in [2.05, 4.69) is 45.5 Å². The van der Waals surface area contributed by atoms with Crippen molar-refractivity contribution in [2.24, 2.45) is 0 Å². The first-order chi connectivity index (χ1) is 14.1. The molecule has 0 fully saturated rings. The van der Waals surface area contributed by atoms with Crippen LogP contribution in [0.4, 0.5) is 0 Å². The van der Waals surface area contributed by atoms with Crippen molar-refractivity contribution < 1.29 is 14.4 Å². The maximum absolute atomic E-state index is 12.9. The topological polar surface area (TPSA) is 66.5 Å². The van der Waals surface area contributed by atoms with E-state index in [4.69, 9.17) is 0 Å². The third-order valence-electron chi connectivity index (χ3n) is 5.03. The van der Waals surface area contributed by atoms with Gasteiger partial charge in [0, 0.05) is 41.6 Å². The normalized spacial score (nSPS) is 13.9. The lowest BCUT2D eigenvalue weighted by molar-refractivity contribution is -0.121. The molecule has 2 aromatic rings. The van der Waals surface area contributed by atoms with Crippen LogP contribution in [0.15, 0.2) is 47.4 Å². The molecule has 3 rings (SSSR count). The van der Waals surface area contributed by atoms with Crippen molar-refractivity contribution in [1.29, 1.82) is 0 Å². The van der Waals surface area contributed by atoms with Gasteiger partial charge in [-0.3, -0.25) is 9.59 Å². The maximum Gasteiger partial charge on any atom is 0.255 e. The largest absolute Gasteiger partial charge is 0.359 e. The molecule has 1 atom stereocenters. The van der Waals surface area contributed by atoms with Crippen LogP contribution in [0.1, 0.15) is 39.9 Å². The predicted octanol–water partition coefficient (Wildman–Crippen LogP) is 3.92. The van der Waals surface area contributed by atoms with Crippen LogP contribution < -0.4 is 5.32 Å². The average Bonchev–Trinajstić information content (AvgIpc) is 3.10. The van der Waals surface area contributed by atoms with Gasteiger partial charge in [0.2, 0.25) is 5.91 Å². The Bertz CT molecular complexity index is 901. The molecule has 1 aliphatic heterocycles. The van der Waals surface area contributed by atoms with Crippen LogP contribution in [0, 0.1) is 0 Å². The van der Waals surface area contributed by atoms with Crippen molar-refractivity contribution in [2.75, 3.05) is 7.05 Å². The van der Waals surface area contributed by atoms with E-state index >= 15 is 0 Å². The predicted molar refractivity (Wildman–Crippen MR) is 118 cm³/mol. The molecule has 152 valence electrons. The van der Waals surface area contributed by atoms with Gasteiger partial charge >= 0.3 is 0 Å². The lowest BCUT2D eigenvalue weighted by Crippen LogP contribution is -2.37. The quantitative estimate of drug-likeness (QED) is 0.339. The monoisotopic (exact) mass is 474 g/mol. The summed E-state index contributed by atoms with van der Waals surface area (Å²) in [5.41, 5.74) is 4.06. The molecule has 0 aromatic heterocycles. The van der Waals surface area contributed by atoms with E-state index < -0.39 is 6.04 Å². The fourth-order valence-electron chi connectivity index (χ4n) is 3.32. The number of thioether (sulfide) groups is 1. The van der Waals surface area contributed by atoms with Gasteiger partial charge in [0.1, 0.15) is 6.29 Å². The molecule has 1 heterocycles. The Hall–Kier alpha value is -2.12. The molecule has 0 bridgehead atoms. The molecule has 5 nitrogen and oxygen atoms in total. The number of rotatable bonds is 9. The standard InChI is InChI=1S/C22H23BrN2O3S/c1-24-21(27)10-9-17(13-26)25-12-19-18(22(25)28)3-2-4-20(19)29-14-16-7-5-15(11-23)6-8-16/h2-8,13,17H,9-12,14H2,1H3,(H,24,27). The van der Waals surface area contributed by atoms with Gasteiger partial charge in [-0.1, -0.05) is 46.3 Å². The third kappa shape index (κ3) is 5.08. The molecule has 1 N–H and O–H groups in total. The number of carbonyl (C=O) groups excluding carboxylic acids is 3. The summed E-state index contributed by atoms with van der Waals surface area (Å²) in [6, 6.07) is 13.6. The van der Waals surface area contributed by atoms with Crippen LogP contribution in [0.2, 0.25) is 0 Å². The summed E-state index contributed by atoms with van der Waals surface area (Å²) in [5.74, 6) is 0.530. The fourth-order valence-corrected chi connectivity index (χ4v) is 4.73. The summed E-state index contributed by atoms with van der Waals surface area (Å²) in [5, 5.41) is 3.38. The molecule has 7 heteroatoms. The summed E-state index contributed by atoms with van der Waals surface area (Å²) in [4.78, 5) is 38.6. The van der Waals surface area contributed by atoms with Crippen LogP contribution in [0.3, 0.4) is 0 Å². The Morgan fingerprint density at radius 2 is 1.97 bits per heavy atom. The Labute approximate surface area is 183 Å². The second kappa shape index (κ2) is 10.1. The van der Waals surface area contributed by atoms with Crippen molar-refractivity contribution in [2.45, 2.75) is 41.4 Å². The van der Waals surface area contributed by atoms with Crippen molar-refractivity contribution in [3.8, 4) is 0 Å². The first-order valence-electron chi connectivity index (χ1n) is 9.42. The van der Waals surface area contributed by atoms with Crippen molar-refractivity contribution >= 4 is 45.8 Å². The van der Waals surface area contributed by atoms with Crippen LogP contribution in [0.25, 0.3) is 0 Å². The Morgan fingerprint density at radius 3 is 2.62 bits per heavy atom.